The lowest BCUT2D eigenvalue weighted by molar-refractivity contribution is -0.120. The molecule has 2 fully saturated rings. The number of fused-ring (bicyclic) bond motifs is 1. The van der Waals surface area contributed by atoms with Crippen LogP contribution < -0.4 is 10.6 Å². The Kier molecular flexibility index (Phi) is 9.92. The van der Waals surface area contributed by atoms with E-state index in [0.717, 1.165) is 46.8 Å². The summed E-state index contributed by atoms with van der Waals surface area (Å²) < 4.78 is 0. The molecular weight excluding hydrogens is 464 g/mol. The lowest BCUT2D eigenvalue weighted by Crippen LogP contribution is -2.35. The van der Waals surface area contributed by atoms with Gasteiger partial charge in [-0.05, 0) is 37.8 Å². The maximum Gasteiger partial charge on any atom is 0.230 e. The highest BCUT2D eigenvalue weighted by Crippen LogP contribution is 2.30. The first kappa shape index (κ1) is 25.3. The van der Waals surface area contributed by atoms with Crippen molar-refractivity contribution in [1.29, 1.82) is 0 Å². The smallest absolute Gasteiger partial charge is 0.230 e. The van der Waals surface area contributed by atoms with E-state index in [1.54, 1.807) is 0 Å². The molecule has 4 rings (SSSR count). The molecule has 2 saturated carbocycles. The Morgan fingerprint density at radius 3 is 1.44 bits per heavy atom. The molecule has 0 unspecified atom stereocenters. The molecule has 2 aromatic rings. The van der Waals surface area contributed by atoms with Crippen LogP contribution in [0.4, 0.5) is 0 Å². The molecule has 0 atom stereocenters. The zero-order valence-corrected chi connectivity index (χ0v) is 21.5. The van der Waals surface area contributed by atoms with Crippen molar-refractivity contribution in [2.24, 2.45) is 0 Å². The van der Waals surface area contributed by atoms with Gasteiger partial charge in [0.15, 0.2) is 0 Å². The highest BCUT2D eigenvalue weighted by molar-refractivity contribution is 8.02. The fraction of sp³-hybridized carbons (Fsp3) is 0.615. The maximum atomic E-state index is 12.6. The molecule has 0 saturated heterocycles. The Bertz CT molecular complexity index is 878. The van der Waals surface area contributed by atoms with Gasteiger partial charge in [-0.15, -0.1) is 0 Å². The van der Waals surface area contributed by atoms with E-state index in [1.807, 2.05) is 24.3 Å². The lowest BCUT2D eigenvalue weighted by Gasteiger charge is -2.17. The molecule has 8 heteroatoms. The highest BCUT2D eigenvalue weighted by Gasteiger charge is 2.19. The van der Waals surface area contributed by atoms with Gasteiger partial charge in [-0.1, -0.05) is 87.0 Å². The first-order valence-electron chi connectivity index (χ1n) is 12.8. The van der Waals surface area contributed by atoms with Crippen molar-refractivity contribution in [3.8, 4) is 0 Å². The van der Waals surface area contributed by atoms with Gasteiger partial charge in [-0.2, -0.15) is 0 Å². The largest absolute Gasteiger partial charge is 0.353 e. The standard InChI is InChI=1S/C26H36N4O2S2/c31-23(27-19-11-5-1-2-6-12-19)17-33-25-26(30-22-16-10-9-15-21(22)29-25)34-18-24(32)28-20-13-7-3-4-8-14-20/h9-10,15-16,19-20H,1-8,11-14,17-18H2,(H,27,31)(H,28,32). The molecule has 2 amide bonds. The van der Waals surface area contributed by atoms with Gasteiger partial charge < -0.3 is 10.6 Å². The normalized spacial score (nSPS) is 18.2. The third kappa shape index (κ3) is 7.87. The van der Waals surface area contributed by atoms with Gasteiger partial charge in [0, 0.05) is 12.1 Å². The number of hydrogen-bond acceptors (Lipinski definition) is 6. The molecule has 1 aromatic heterocycles. The van der Waals surface area contributed by atoms with E-state index in [0.29, 0.717) is 23.6 Å². The Morgan fingerprint density at radius 1 is 0.676 bits per heavy atom. The summed E-state index contributed by atoms with van der Waals surface area (Å²) in [5.74, 6) is 0.722. The number of rotatable bonds is 8. The second-order valence-corrected chi connectivity index (χ2v) is 11.3. The van der Waals surface area contributed by atoms with Gasteiger partial charge in [-0.3, -0.25) is 9.59 Å². The zero-order valence-electron chi connectivity index (χ0n) is 19.9. The topological polar surface area (TPSA) is 84.0 Å². The van der Waals surface area contributed by atoms with Crippen LogP contribution in [0.2, 0.25) is 0 Å². The van der Waals surface area contributed by atoms with Crippen LogP contribution in [-0.2, 0) is 9.59 Å². The number of aromatic nitrogens is 2. The van der Waals surface area contributed by atoms with Crippen LogP contribution in [0.15, 0.2) is 34.3 Å². The number of nitrogens with one attached hydrogen (secondary N) is 2. The average molecular weight is 501 g/mol. The van der Waals surface area contributed by atoms with E-state index in [-0.39, 0.29) is 11.8 Å². The first-order valence-corrected chi connectivity index (χ1v) is 14.8. The predicted molar refractivity (Wildman–Crippen MR) is 140 cm³/mol. The lowest BCUT2D eigenvalue weighted by atomic mass is 10.1. The Morgan fingerprint density at radius 2 is 1.06 bits per heavy atom. The molecule has 1 heterocycles. The molecule has 34 heavy (non-hydrogen) atoms. The Balaban J connectivity index is 1.37. The van der Waals surface area contributed by atoms with Gasteiger partial charge in [0.25, 0.3) is 0 Å². The minimum absolute atomic E-state index is 0.0499. The van der Waals surface area contributed by atoms with E-state index in [2.05, 4.69) is 10.6 Å². The summed E-state index contributed by atoms with van der Waals surface area (Å²) in [4.78, 5) is 34.8. The molecule has 0 spiro atoms. The molecule has 2 N–H and O–H groups in total. The minimum atomic E-state index is 0.0499. The average Bonchev–Trinajstić information content (AvgIpc) is 3.26. The number of hydrogen-bond donors (Lipinski definition) is 2. The van der Waals surface area contributed by atoms with Gasteiger partial charge in [0.1, 0.15) is 10.1 Å². The van der Waals surface area contributed by atoms with E-state index in [9.17, 15) is 9.59 Å². The molecule has 1 aromatic carbocycles. The molecule has 2 aliphatic rings. The van der Waals surface area contributed by atoms with Crippen LogP contribution in [0.3, 0.4) is 0 Å². The summed E-state index contributed by atoms with van der Waals surface area (Å²) in [6, 6.07) is 8.34. The Labute approximate surface area is 211 Å². The third-order valence-electron chi connectivity index (χ3n) is 6.63. The SMILES string of the molecule is O=C(CSc1nc2ccccc2nc1SCC(=O)NC1CCCCCC1)NC1CCCCCC1. The number of carbonyl (C=O) groups is 2. The molecule has 0 aliphatic heterocycles. The summed E-state index contributed by atoms with van der Waals surface area (Å²) in [6.45, 7) is 0. The Hall–Kier alpha value is -1.80. The number of carbonyl (C=O) groups excluding carboxylic acids is 2. The second kappa shape index (κ2) is 13.3. The molecule has 0 radical (unpaired) electrons. The zero-order chi connectivity index (χ0) is 23.6. The number of para-hydroxylation sites is 2. The van der Waals surface area contributed by atoms with Crippen molar-refractivity contribution in [3.63, 3.8) is 0 Å². The van der Waals surface area contributed by atoms with Crippen molar-refractivity contribution in [2.75, 3.05) is 11.5 Å². The van der Waals surface area contributed by atoms with Crippen LogP contribution in [0.5, 0.6) is 0 Å². The molecule has 0 bridgehead atoms. The first-order chi connectivity index (χ1) is 16.7. The minimum Gasteiger partial charge on any atom is -0.353 e. The second-order valence-electron chi connectivity index (χ2n) is 9.41. The van der Waals surface area contributed by atoms with Gasteiger partial charge >= 0.3 is 0 Å². The number of benzene rings is 1. The molecular formula is C26H36N4O2S2. The van der Waals surface area contributed by atoms with Gasteiger partial charge in [-0.25, -0.2) is 9.97 Å². The van der Waals surface area contributed by atoms with E-state index < -0.39 is 0 Å². The van der Waals surface area contributed by atoms with E-state index in [4.69, 9.17) is 9.97 Å². The molecule has 6 nitrogen and oxygen atoms in total. The van der Waals surface area contributed by atoms with Crippen LogP contribution in [0, 0.1) is 0 Å². The van der Waals surface area contributed by atoms with Crippen molar-refractivity contribution < 1.29 is 9.59 Å². The van der Waals surface area contributed by atoms with Gasteiger partial charge in [0.05, 0.1) is 22.5 Å². The van der Waals surface area contributed by atoms with Gasteiger partial charge in [0.2, 0.25) is 11.8 Å². The quantitative estimate of drug-likeness (QED) is 0.368. The van der Waals surface area contributed by atoms with Crippen molar-refractivity contribution >= 4 is 46.4 Å². The maximum absolute atomic E-state index is 12.6. The molecule has 184 valence electrons. The predicted octanol–water partition coefficient (Wildman–Crippen LogP) is 5.49. The van der Waals surface area contributed by atoms with Crippen LogP contribution in [0.1, 0.15) is 77.0 Å². The fourth-order valence-corrected chi connectivity index (χ4v) is 6.53. The fourth-order valence-electron chi connectivity index (χ4n) is 4.81. The van der Waals surface area contributed by atoms with E-state index in [1.165, 1.54) is 74.9 Å². The van der Waals surface area contributed by atoms with Crippen molar-refractivity contribution in [2.45, 2.75) is 99.2 Å². The van der Waals surface area contributed by atoms with Crippen molar-refractivity contribution in [1.82, 2.24) is 20.6 Å². The summed E-state index contributed by atoms with van der Waals surface area (Å²) in [5, 5.41) is 7.86. The van der Waals surface area contributed by atoms with E-state index >= 15 is 0 Å². The van der Waals surface area contributed by atoms with Crippen LogP contribution in [-0.4, -0.2) is 45.4 Å². The third-order valence-corrected chi connectivity index (χ3v) is 8.69. The summed E-state index contributed by atoms with van der Waals surface area (Å²) in [6.07, 6.45) is 14.1. The highest BCUT2D eigenvalue weighted by atomic mass is 32.2. The molecule has 2 aliphatic carbocycles. The summed E-state index contributed by atoms with van der Waals surface area (Å²) in [5.41, 5.74) is 1.61. The van der Waals surface area contributed by atoms with Crippen LogP contribution in [0.25, 0.3) is 11.0 Å². The summed E-state index contributed by atoms with van der Waals surface area (Å²) >= 11 is 2.83. The number of amides is 2. The number of thioether (sulfide) groups is 2. The monoisotopic (exact) mass is 500 g/mol. The van der Waals surface area contributed by atoms with Crippen molar-refractivity contribution in [3.05, 3.63) is 24.3 Å². The summed E-state index contributed by atoms with van der Waals surface area (Å²) in [7, 11) is 0. The number of nitrogens with zero attached hydrogens (tertiary/aromatic N) is 2. The van der Waals surface area contributed by atoms with Crippen LogP contribution >= 0.6 is 23.5 Å².